The average Bonchev–Trinajstić information content (AvgIpc) is 2.45. The van der Waals surface area contributed by atoms with E-state index in [4.69, 9.17) is 10.2 Å². The minimum absolute atomic E-state index is 0. The van der Waals surface area contributed by atoms with Crippen LogP contribution in [0.3, 0.4) is 0 Å². The molecule has 2 rings (SSSR count). The molecule has 6 nitrogen and oxygen atoms in total. The number of benzene rings is 2. The van der Waals surface area contributed by atoms with E-state index < -0.39 is 11.9 Å². The maximum Gasteiger partial charge on any atom is 2.00 e. The number of para-hydroxylation sites is 2. The molecule has 0 bridgehead atoms. The van der Waals surface area contributed by atoms with Crippen LogP contribution >= 0.6 is 0 Å². The Hall–Kier alpha value is -2.40. The molecule has 0 saturated carbocycles. The second kappa shape index (κ2) is 8.90. The second-order valence-electron chi connectivity index (χ2n) is 4.52. The maximum absolute atomic E-state index is 10.3. The minimum atomic E-state index is -1.36. The summed E-state index contributed by atoms with van der Waals surface area (Å²) >= 11 is 0. The molecule has 0 saturated heterocycles. The van der Waals surface area contributed by atoms with Crippen molar-refractivity contribution in [2.24, 2.45) is 0 Å². The van der Waals surface area contributed by atoms with E-state index in [1.54, 1.807) is 38.1 Å². The van der Waals surface area contributed by atoms with Gasteiger partial charge in [-0.05, 0) is 37.1 Å². The summed E-state index contributed by atoms with van der Waals surface area (Å²) in [5.74, 6) is -3.14. The van der Waals surface area contributed by atoms with Crippen LogP contribution in [0, 0.1) is 13.8 Å². The second-order valence-corrected chi connectivity index (χ2v) is 4.52. The topological polar surface area (TPSA) is 121 Å². The number of hydrogen-bond acceptors (Lipinski definition) is 6. The fourth-order valence-electron chi connectivity index (χ4n) is 1.65. The molecule has 0 aliphatic carbocycles. The van der Waals surface area contributed by atoms with Crippen molar-refractivity contribution in [1.29, 1.82) is 0 Å². The molecular weight excluding hydrogens is 354 g/mol. The van der Waals surface area contributed by atoms with E-state index in [1.807, 2.05) is 0 Å². The zero-order valence-electron chi connectivity index (χ0n) is 12.7. The van der Waals surface area contributed by atoms with Gasteiger partial charge in [-0.15, -0.1) is 0 Å². The van der Waals surface area contributed by atoms with Crippen LogP contribution in [-0.2, 0) is 19.5 Å². The summed E-state index contributed by atoms with van der Waals surface area (Å²) in [7, 11) is 0. The molecule has 7 heteroatoms. The average molecular weight is 368 g/mol. The van der Waals surface area contributed by atoms with Crippen molar-refractivity contribution in [2.45, 2.75) is 13.8 Å². The first-order valence-electron chi connectivity index (χ1n) is 6.25. The van der Waals surface area contributed by atoms with E-state index >= 15 is 0 Å². The van der Waals surface area contributed by atoms with Crippen LogP contribution in [0.25, 0.3) is 0 Å². The largest absolute Gasteiger partial charge is 2.00 e. The van der Waals surface area contributed by atoms with Crippen LogP contribution in [-0.4, -0.2) is 22.2 Å². The summed E-state index contributed by atoms with van der Waals surface area (Å²) in [4.78, 5) is 20.6. The van der Waals surface area contributed by atoms with Gasteiger partial charge in [-0.2, -0.15) is 0 Å². The van der Waals surface area contributed by atoms with Gasteiger partial charge in [0, 0.05) is 11.1 Å². The van der Waals surface area contributed by atoms with Gasteiger partial charge in [0.2, 0.25) is 0 Å². The third-order valence-corrected chi connectivity index (χ3v) is 2.92. The normalized spacial score (nSPS) is 9.13. The van der Waals surface area contributed by atoms with Crippen LogP contribution in [0.5, 0.6) is 11.5 Å². The van der Waals surface area contributed by atoms with Gasteiger partial charge in [-0.3, -0.25) is 0 Å². The van der Waals surface area contributed by atoms with Gasteiger partial charge in [-0.25, -0.2) is 0 Å². The molecule has 0 amide bonds. The Morgan fingerprint density at radius 1 is 0.783 bits per heavy atom. The first-order valence-corrected chi connectivity index (χ1v) is 6.25. The number of aromatic carboxylic acids is 2. The van der Waals surface area contributed by atoms with Crippen molar-refractivity contribution in [1.82, 2.24) is 0 Å². The first-order chi connectivity index (χ1) is 10.3. The summed E-state index contributed by atoms with van der Waals surface area (Å²) in [6.07, 6.45) is 0. The van der Waals surface area contributed by atoms with Gasteiger partial charge in [-0.1, -0.05) is 24.3 Å². The number of carboxylic acids is 2. The smallest absolute Gasteiger partial charge is 0.545 e. The van der Waals surface area contributed by atoms with Crippen molar-refractivity contribution in [3.8, 4) is 11.5 Å². The van der Waals surface area contributed by atoms with Crippen LogP contribution in [0.2, 0.25) is 0 Å². The fourth-order valence-corrected chi connectivity index (χ4v) is 1.65. The summed E-state index contributed by atoms with van der Waals surface area (Å²) in [5.41, 5.74) is 0.744. The van der Waals surface area contributed by atoms with E-state index in [0.717, 1.165) is 0 Å². The van der Waals surface area contributed by atoms with Crippen LogP contribution < -0.4 is 10.2 Å². The molecule has 2 aromatic rings. The Bertz CT molecular complexity index is 650. The van der Waals surface area contributed by atoms with Crippen molar-refractivity contribution in [3.63, 3.8) is 0 Å². The number of phenols is 2. The zero-order chi connectivity index (χ0) is 16.9. The van der Waals surface area contributed by atoms with Gasteiger partial charge in [0.25, 0.3) is 0 Å². The number of carbonyl (C=O) groups is 2. The third kappa shape index (κ3) is 5.38. The Balaban J connectivity index is 0.000000403. The molecular formula is C16H14O6Zn. The molecule has 0 aliphatic rings. The number of carboxylic acid groups (broad SMARTS) is 2. The van der Waals surface area contributed by atoms with E-state index in [1.165, 1.54) is 12.1 Å². The summed E-state index contributed by atoms with van der Waals surface area (Å²) in [5, 5.41) is 38.9. The van der Waals surface area contributed by atoms with Crippen molar-refractivity contribution in [2.75, 3.05) is 0 Å². The molecule has 0 aliphatic heterocycles. The Morgan fingerprint density at radius 2 is 1.09 bits per heavy atom. The van der Waals surface area contributed by atoms with E-state index in [-0.39, 0.29) is 42.1 Å². The molecule has 0 heterocycles. The predicted octanol–water partition coefficient (Wildman–Crippen LogP) is 0.126. The Morgan fingerprint density at radius 3 is 1.30 bits per heavy atom. The number of aromatic hydroxyl groups is 2. The maximum atomic E-state index is 10.3. The third-order valence-electron chi connectivity index (χ3n) is 2.92. The molecule has 23 heavy (non-hydrogen) atoms. The number of rotatable bonds is 2. The predicted molar refractivity (Wildman–Crippen MR) is 74.3 cm³/mol. The molecule has 2 aromatic carbocycles. The van der Waals surface area contributed by atoms with Crippen molar-refractivity contribution >= 4 is 11.9 Å². The van der Waals surface area contributed by atoms with Crippen LogP contribution in [0.1, 0.15) is 31.8 Å². The summed E-state index contributed by atoms with van der Waals surface area (Å²) in [6, 6.07) is 8.97. The van der Waals surface area contributed by atoms with Crippen molar-refractivity contribution < 1.29 is 49.5 Å². The number of carbonyl (C=O) groups excluding carboxylic acids is 2. The molecule has 0 radical (unpaired) electrons. The quantitative estimate of drug-likeness (QED) is 0.728. The summed E-state index contributed by atoms with van der Waals surface area (Å²) in [6.45, 7) is 3.25. The Labute approximate surface area is 145 Å². The monoisotopic (exact) mass is 366 g/mol. The van der Waals surface area contributed by atoms with Gasteiger partial charge in [0.05, 0.1) is 11.9 Å². The molecule has 0 aromatic heterocycles. The zero-order valence-corrected chi connectivity index (χ0v) is 15.7. The van der Waals surface area contributed by atoms with Gasteiger partial charge < -0.3 is 30.0 Å². The van der Waals surface area contributed by atoms with Gasteiger partial charge in [0.15, 0.2) is 0 Å². The van der Waals surface area contributed by atoms with Crippen LogP contribution in [0.4, 0.5) is 0 Å². The molecule has 116 valence electrons. The van der Waals surface area contributed by atoms with Gasteiger partial charge in [0.1, 0.15) is 11.5 Å². The molecule has 2 N–H and O–H groups in total. The molecule has 0 unspecified atom stereocenters. The van der Waals surface area contributed by atoms with Crippen molar-refractivity contribution in [3.05, 3.63) is 58.7 Å². The SMILES string of the molecule is Cc1cccc(C(=O)[O-])c1O.Cc1cccc(C(=O)[O-])c1O.[Zn+2]. The number of hydrogen-bond donors (Lipinski definition) is 2. The van der Waals surface area contributed by atoms with Gasteiger partial charge >= 0.3 is 19.5 Å². The van der Waals surface area contributed by atoms with Crippen LogP contribution in [0.15, 0.2) is 36.4 Å². The standard InChI is InChI=1S/2C8H8O3.Zn/c2*1-5-3-2-4-6(7(5)9)8(10)11;/h2*2-4,9H,1H3,(H,10,11);/q;;+2/p-2. The Kier molecular flexibility index (Phi) is 7.98. The van der Waals surface area contributed by atoms with E-state index in [0.29, 0.717) is 11.1 Å². The molecule has 0 fully saturated rings. The molecule has 0 spiro atoms. The molecule has 0 atom stereocenters. The first kappa shape index (κ1) is 20.6. The van der Waals surface area contributed by atoms with E-state index in [2.05, 4.69) is 0 Å². The minimum Gasteiger partial charge on any atom is -0.545 e. The van der Waals surface area contributed by atoms with E-state index in [9.17, 15) is 19.8 Å². The number of aryl methyl sites for hydroxylation is 2. The summed E-state index contributed by atoms with van der Waals surface area (Å²) < 4.78 is 0. The fraction of sp³-hybridized carbons (Fsp3) is 0.125.